The summed E-state index contributed by atoms with van der Waals surface area (Å²) in [5, 5.41) is 30.4. The Morgan fingerprint density at radius 2 is 1.60 bits per heavy atom. The van der Waals surface area contributed by atoms with Crippen LogP contribution in [0.1, 0.15) is 29.0 Å². The summed E-state index contributed by atoms with van der Waals surface area (Å²) < 4.78 is 17.9. The minimum Gasteiger partial charge on any atom is -0.507 e. The van der Waals surface area contributed by atoms with Crippen LogP contribution in [0.25, 0.3) is 22.3 Å². The molecular formula is C32H24O8. The highest BCUT2D eigenvalue weighted by Gasteiger charge is 2.35. The molecule has 40 heavy (non-hydrogen) atoms. The normalized spacial score (nSPS) is 14.5. The standard InChI is InChI=1S/C32H24O8/c33-22-11-10-19(14-23(22)34)27-16-24(35)31-25(36)17-28-30(32(31)40-27)21(15-29(37)39-28)20-8-4-5-9-26(20)38-13-12-18-6-2-1-3-7-18/h1-11,14,16-17,21,33-34,36H,12-13,15H2/t21-/m0/s1. The van der Waals surface area contributed by atoms with Gasteiger partial charge in [0.05, 0.1) is 13.0 Å². The maximum absolute atomic E-state index is 13.2. The molecule has 0 saturated carbocycles. The van der Waals surface area contributed by atoms with Crippen molar-refractivity contribution in [3.05, 3.63) is 112 Å². The number of ether oxygens (including phenoxy) is 2. The van der Waals surface area contributed by atoms with Crippen LogP contribution < -0.4 is 14.9 Å². The number of esters is 1. The minimum absolute atomic E-state index is 0.0418. The zero-order chi connectivity index (χ0) is 27.8. The molecule has 0 unspecified atom stereocenters. The Morgan fingerprint density at radius 1 is 0.825 bits per heavy atom. The molecule has 0 amide bonds. The van der Waals surface area contributed by atoms with Crippen LogP contribution in [0.3, 0.4) is 0 Å². The number of carbonyl (C=O) groups is 1. The average molecular weight is 537 g/mol. The van der Waals surface area contributed by atoms with E-state index in [2.05, 4.69) is 0 Å². The molecule has 8 nitrogen and oxygen atoms in total. The molecule has 8 heteroatoms. The molecule has 1 aromatic heterocycles. The van der Waals surface area contributed by atoms with Crippen molar-refractivity contribution in [2.24, 2.45) is 0 Å². The number of phenolic OH excluding ortho intramolecular Hbond substituents is 3. The van der Waals surface area contributed by atoms with Crippen molar-refractivity contribution in [3.8, 4) is 40.1 Å². The summed E-state index contributed by atoms with van der Waals surface area (Å²) in [6.45, 7) is 0.408. The van der Waals surface area contributed by atoms with Gasteiger partial charge in [0, 0.05) is 41.2 Å². The average Bonchev–Trinajstić information content (AvgIpc) is 2.94. The molecule has 0 bridgehead atoms. The van der Waals surface area contributed by atoms with E-state index in [1.807, 2.05) is 54.6 Å². The molecule has 5 aromatic rings. The van der Waals surface area contributed by atoms with Crippen LogP contribution in [-0.2, 0) is 11.2 Å². The smallest absolute Gasteiger partial charge is 0.312 e. The third-order valence-corrected chi connectivity index (χ3v) is 6.97. The summed E-state index contributed by atoms with van der Waals surface area (Å²) in [7, 11) is 0. The maximum Gasteiger partial charge on any atom is 0.312 e. The van der Waals surface area contributed by atoms with E-state index in [9.17, 15) is 24.9 Å². The molecule has 0 fully saturated rings. The summed E-state index contributed by atoms with van der Waals surface area (Å²) in [5.41, 5.74) is 2.13. The molecule has 6 rings (SSSR count). The van der Waals surface area contributed by atoms with Crippen molar-refractivity contribution in [2.75, 3.05) is 6.61 Å². The van der Waals surface area contributed by atoms with Gasteiger partial charge in [-0.1, -0.05) is 48.5 Å². The lowest BCUT2D eigenvalue weighted by Gasteiger charge is -2.27. The van der Waals surface area contributed by atoms with Gasteiger partial charge in [-0.2, -0.15) is 0 Å². The van der Waals surface area contributed by atoms with Gasteiger partial charge in [-0.05, 0) is 29.8 Å². The molecule has 200 valence electrons. The molecule has 0 spiro atoms. The van der Waals surface area contributed by atoms with Crippen LogP contribution in [0.15, 0.2) is 94.1 Å². The largest absolute Gasteiger partial charge is 0.507 e. The quantitative estimate of drug-likeness (QED) is 0.145. The molecule has 0 radical (unpaired) electrons. The fourth-order valence-corrected chi connectivity index (χ4v) is 5.07. The lowest BCUT2D eigenvalue weighted by molar-refractivity contribution is -0.135. The third-order valence-electron chi connectivity index (χ3n) is 6.97. The fraction of sp³-hybridized carbons (Fsp3) is 0.125. The molecule has 1 atom stereocenters. The Morgan fingerprint density at radius 3 is 2.40 bits per heavy atom. The molecular weight excluding hydrogens is 512 g/mol. The van der Waals surface area contributed by atoms with Crippen LogP contribution >= 0.6 is 0 Å². The van der Waals surface area contributed by atoms with Crippen molar-refractivity contribution in [1.82, 2.24) is 0 Å². The number of hydrogen-bond donors (Lipinski definition) is 3. The Labute approximate surface area is 228 Å². The predicted molar refractivity (Wildman–Crippen MR) is 147 cm³/mol. The van der Waals surface area contributed by atoms with Crippen LogP contribution in [0.5, 0.6) is 28.7 Å². The Balaban J connectivity index is 1.48. The number of benzene rings is 4. The first-order chi connectivity index (χ1) is 19.4. The van der Waals surface area contributed by atoms with Gasteiger partial charge in [-0.15, -0.1) is 0 Å². The lowest BCUT2D eigenvalue weighted by atomic mass is 9.84. The van der Waals surface area contributed by atoms with E-state index in [0.717, 1.165) is 5.56 Å². The second kappa shape index (κ2) is 10.1. The molecule has 4 aromatic carbocycles. The number of fused-ring (bicyclic) bond motifs is 3. The first-order valence-corrected chi connectivity index (χ1v) is 12.7. The second-order valence-corrected chi connectivity index (χ2v) is 9.54. The van der Waals surface area contributed by atoms with Gasteiger partial charge in [0.25, 0.3) is 0 Å². The highest BCUT2D eigenvalue weighted by molar-refractivity contribution is 5.93. The maximum atomic E-state index is 13.2. The summed E-state index contributed by atoms with van der Waals surface area (Å²) in [5.74, 6) is -1.43. The van der Waals surface area contributed by atoms with Gasteiger partial charge in [0.15, 0.2) is 16.9 Å². The van der Waals surface area contributed by atoms with Gasteiger partial charge in [0.2, 0.25) is 0 Å². The second-order valence-electron chi connectivity index (χ2n) is 9.54. The Hall–Kier alpha value is -5.24. The van der Waals surface area contributed by atoms with Crippen molar-refractivity contribution in [1.29, 1.82) is 0 Å². The monoisotopic (exact) mass is 536 g/mol. The summed E-state index contributed by atoms with van der Waals surface area (Å²) in [6.07, 6.45) is 0.646. The lowest BCUT2D eigenvalue weighted by Crippen LogP contribution is -2.22. The van der Waals surface area contributed by atoms with Crippen LogP contribution in [-0.4, -0.2) is 27.9 Å². The van der Waals surface area contributed by atoms with Crippen molar-refractivity contribution >= 4 is 16.9 Å². The van der Waals surface area contributed by atoms with Crippen LogP contribution in [0.2, 0.25) is 0 Å². The molecule has 0 aliphatic carbocycles. The van der Waals surface area contributed by atoms with E-state index in [1.165, 1.54) is 30.3 Å². The van der Waals surface area contributed by atoms with Gasteiger partial charge >= 0.3 is 5.97 Å². The molecule has 2 heterocycles. The summed E-state index contributed by atoms with van der Waals surface area (Å²) in [4.78, 5) is 25.9. The van der Waals surface area contributed by atoms with E-state index < -0.39 is 17.3 Å². The van der Waals surface area contributed by atoms with Crippen molar-refractivity contribution in [3.63, 3.8) is 0 Å². The predicted octanol–water partition coefficient (Wildman–Crippen LogP) is 5.64. The number of rotatable bonds is 6. The van der Waals surface area contributed by atoms with Crippen LogP contribution in [0.4, 0.5) is 0 Å². The van der Waals surface area contributed by atoms with E-state index in [0.29, 0.717) is 35.5 Å². The minimum atomic E-state index is -0.598. The number of hydrogen-bond acceptors (Lipinski definition) is 8. The summed E-state index contributed by atoms with van der Waals surface area (Å²) >= 11 is 0. The SMILES string of the molecule is O=C1C[C@@H](c2ccccc2OCCc2ccccc2)c2c(cc(O)c3c(=O)cc(-c4ccc(O)c(O)c4)oc23)O1. The molecule has 1 aliphatic rings. The van der Waals surface area contributed by atoms with E-state index >= 15 is 0 Å². The van der Waals surface area contributed by atoms with E-state index in [1.54, 1.807) is 0 Å². The van der Waals surface area contributed by atoms with Crippen LogP contribution in [0, 0.1) is 0 Å². The zero-order valence-electron chi connectivity index (χ0n) is 21.2. The Kier molecular flexibility index (Phi) is 6.36. The summed E-state index contributed by atoms with van der Waals surface area (Å²) in [6, 6.07) is 23.8. The van der Waals surface area contributed by atoms with E-state index in [4.69, 9.17) is 13.9 Å². The zero-order valence-corrected chi connectivity index (χ0v) is 21.2. The first kappa shape index (κ1) is 25.1. The number of aromatic hydroxyl groups is 3. The molecule has 3 N–H and O–H groups in total. The van der Waals surface area contributed by atoms with Gasteiger partial charge in [-0.25, -0.2) is 0 Å². The van der Waals surface area contributed by atoms with Gasteiger partial charge in [-0.3, -0.25) is 9.59 Å². The fourth-order valence-electron chi connectivity index (χ4n) is 5.07. The Bertz CT molecular complexity index is 1810. The van der Waals surface area contributed by atoms with Crippen molar-refractivity contribution < 1.29 is 34.0 Å². The van der Waals surface area contributed by atoms with E-state index in [-0.39, 0.29) is 46.1 Å². The van der Waals surface area contributed by atoms with Gasteiger partial charge in [0.1, 0.15) is 34.0 Å². The van der Waals surface area contributed by atoms with Gasteiger partial charge < -0.3 is 29.2 Å². The number of phenols is 3. The number of carbonyl (C=O) groups excluding carboxylic acids is 1. The number of para-hydroxylation sites is 1. The van der Waals surface area contributed by atoms with Crippen molar-refractivity contribution in [2.45, 2.75) is 18.8 Å². The highest BCUT2D eigenvalue weighted by atomic mass is 16.5. The molecule has 0 saturated heterocycles. The third kappa shape index (κ3) is 4.60. The topological polar surface area (TPSA) is 126 Å². The molecule has 1 aliphatic heterocycles. The first-order valence-electron chi connectivity index (χ1n) is 12.7. The highest BCUT2D eigenvalue weighted by Crippen LogP contribution is 2.48.